The Morgan fingerprint density at radius 1 is 1.20 bits per heavy atom. The van der Waals surface area contributed by atoms with Crippen LogP contribution in [0.2, 0.25) is 0 Å². The van der Waals surface area contributed by atoms with E-state index in [9.17, 15) is 4.79 Å². The fourth-order valence-corrected chi connectivity index (χ4v) is 2.90. The normalized spacial score (nSPS) is 16.7. The second-order valence-electron chi connectivity index (χ2n) is 6.01. The van der Waals surface area contributed by atoms with Gasteiger partial charge in [0.2, 0.25) is 0 Å². The van der Waals surface area contributed by atoms with Crippen molar-refractivity contribution < 1.29 is 9.53 Å². The molecular formula is C19H24ClN3O2. The first-order valence-corrected chi connectivity index (χ1v) is 8.20. The second kappa shape index (κ2) is 8.74. The summed E-state index contributed by atoms with van der Waals surface area (Å²) in [6.07, 6.45) is 0. The van der Waals surface area contributed by atoms with Crippen molar-refractivity contribution in [1.82, 2.24) is 10.2 Å². The number of ether oxygens (including phenoxy) is 1. The van der Waals surface area contributed by atoms with Gasteiger partial charge in [0.05, 0.1) is 18.4 Å². The van der Waals surface area contributed by atoms with E-state index in [-0.39, 0.29) is 18.3 Å². The van der Waals surface area contributed by atoms with E-state index in [1.807, 2.05) is 53.4 Å². The van der Waals surface area contributed by atoms with Crippen molar-refractivity contribution in [3.63, 3.8) is 0 Å². The number of amides is 1. The minimum Gasteiger partial charge on any atom is -0.497 e. The first-order chi connectivity index (χ1) is 11.7. The molecule has 1 aliphatic heterocycles. The number of hydrogen-bond donors (Lipinski definition) is 2. The first-order valence-electron chi connectivity index (χ1n) is 8.20. The lowest BCUT2D eigenvalue weighted by Crippen LogP contribution is -2.51. The van der Waals surface area contributed by atoms with Gasteiger partial charge in [-0.1, -0.05) is 12.1 Å². The van der Waals surface area contributed by atoms with Gasteiger partial charge in [0, 0.05) is 31.4 Å². The molecule has 0 aromatic heterocycles. The average Bonchev–Trinajstić information content (AvgIpc) is 2.62. The number of rotatable bonds is 4. The lowest BCUT2D eigenvalue weighted by atomic mass is 10.1. The van der Waals surface area contributed by atoms with Gasteiger partial charge in [-0.25, -0.2) is 0 Å². The summed E-state index contributed by atoms with van der Waals surface area (Å²) in [5.74, 6) is 0.875. The predicted octanol–water partition coefficient (Wildman–Crippen LogP) is 3.29. The van der Waals surface area contributed by atoms with Crippen molar-refractivity contribution in [1.29, 1.82) is 0 Å². The Morgan fingerprint density at radius 2 is 1.92 bits per heavy atom. The highest BCUT2D eigenvalue weighted by Gasteiger charge is 2.23. The van der Waals surface area contributed by atoms with Crippen molar-refractivity contribution in [2.75, 3.05) is 32.1 Å². The Balaban J connectivity index is 0.00000225. The summed E-state index contributed by atoms with van der Waals surface area (Å²) in [7, 11) is 1.64. The fraction of sp³-hybridized carbons (Fsp3) is 0.316. The molecule has 134 valence electrons. The summed E-state index contributed by atoms with van der Waals surface area (Å²) in [6.45, 7) is 4.40. The van der Waals surface area contributed by atoms with Crippen molar-refractivity contribution in [2.24, 2.45) is 0 Å². The van der Waals surface area contributed by atoms with Crippen LogP contribution in [-0.4, -0.2) is 43.6 Å². The predicted molar refractivity (Wildman–Crippen MR) is 103 cm³/mol. The van der Waals surface area contributed by atoms with Crippen LogP contribution >= 0.6 is 12.4 Å². The fourth-order valence-electron chi connectivity index (χ4n) is 2.90. The van der Waals surface area contributed by atoms with E-state index < -0.39 is 0 Å². The molecule has 1 fully saturated rings. The van der Waals surface area contributed by atoms with Crippen LogP contribution in [-0.2, 0) is 0 Å². The summed E-state index contributed by atoms with van der Waals surface area (Å²) in [4.78, 5) is 14.8. The molecule has 1 heterocycles. The molecule has 3 rings (SSSR count). The number of nitrogens with one attached hydrogen (secondary N) is 2. The summed E-state index contributed by atoms with van der Waals surface area (Å²) in [5, 5.41) is 6.70. The largest absolute Gasteiger partial charge is 0.497 e. The molecular weight excluding hydrogens is 338 g/mol. The van der Waals surface area contributed by atoms with Crippen LogP contribution < -0.4 is 15.4 Å². The molecule has 2 aromatic rings. The van der Waals surface area contributed by atoms with Gasteiger partial charge in [0.1, 0.15) is 5.75 Å². The van der Waals surface area contributed by atoms with Crippen LogP contribution in [0, 0.1) is 0 Å². The molecule has 0 bridgehead atoms. The van der Waals surface area contributed by atoms with E-state index in [2.05, 4.69) is 17.6 Å². The lowest BCUT2D eigenvalue weighted by Gasteiger charge is -2.32. The molecule has 1 atom stereocenters. The topological polar surface area (TPSA) is 53.6 Å². The maximum atomic E-state index is 12.9. The van der Waals surface area contributed by atoms with Crippen molar-refractivity contribution >= 4 is 29.7 Å². The summed E-state index contributed by atoms with van der Waals surface area (Å²) in [5.41, 5.74) is 2.44. The maximum absolute atomic E-state index is 12.9. The van der Waals surface area contributed by atoms with E-state index in [4.69, 9.17) is 4.74 Å². The zero-order chi connectivity index (χ0) is 16.9. The Kier molecular flexibility index (Phi) is 6.67. The Hall–Kier alpha value is -2.24. The van der Waals surface area contributed by atoms with Gasteiger partial charge in [-0.05, 0) is 43.3 Å². The van der Waals surface area contributed by atoms with Gasteiger partial charge in [0.25, 0.3) is 5.91 Å². The standard InChI is InChI=1S/C19H23N3O2.ClH/c1-14-13-22(12-11-20-14)19(23)17-5-3-4-6-18(17)21-15-7-9-16(24-2)10-8-15;/h3-10,14,20-21H,11-13H2,1-2H3;1H. The van der Waals surface area contributed by atoms with Crippen LogP contribution in [0.4, 0.5) is 11.4 Å². The highest BCUT2D eigenvalue weighted by Crippen LogP contribution is 2.24. The smallest absolute Gasteiger partial charge is 0.256 e. The van der Waals surface area contributed by atoms with Crippen LogP contribution in [0.15, 0.2) is 48.5 Å². The number of carbonyl (C=O) groups is 1. The highest BCUT2D eigenvalue weighted by molar-refractivity contribution is 6.00. The van der Waals surface area contributed by atoms with Crippen molar-refractivity contribution in [3.8, 4) is 5.75 Å². The number of para-hydroxylation sites is 1. The second-order valence-corrected chi connectivity index (χ2v) is 6.01. The number of anilines is 2. The minimum atomic E-state index is 0. The number of halogens is 1. The van der Waals surface area contributed by atoms with Gasteiger partial charge < -0.3 is 20.3 Å². The monoisotopic (exact) mass is 361 g/mol. The van der Waals surface area contributed by atoms with Gasteiger partial charge in [-0.2, -0.15) is 0 Å². The van der Waals surface area contributed by atoms with Crippen molar-refractivity contribution in [2.45, 2.75) is 13.0 Å². The molecule has 0 radical (unpaired) electrons. The van der Waals surface area contributed by atoms with Gasteiger partial charge in [0.15, 0.2) is 0 Å². The molecule has 25 heavy (non-hydrogen) atoms. The SMILES string of the molecule is COc1ccc(Nc2ccccc2C(=O)N2CCNC(C)C2)cc1.Cl. The molecule has 1 aliphatic rings. The molecule has 2 N–H and O–H groups in total. The number of piperazine rings is 1. The summed E-state index contributed by atoms with van der Waals surface area (Å²) in [6, 6.07) is 15.6. The lowest BCUT2D eigenvalue weighted by molar-refractivity contribution is 0.0710. The molecule has 1 saturated heterocycles. The average molecular weight is 362 g/mol. The van der Waals surface area contributed by atoms with Crippen LogP contribution in [0.5, 0.6) is 5.75 Å². The van der Waals surface area contributed by atoms with E-state index in [0.29, 0.717) is 11.6 Å². The van der Waals surface area contributed by atoms with E-state index >= 15 is 0 Å². The third-order valence-corrected chi connectivity index (χ3v) is 4.18. The minimum absolute atomic E-state index is 0. The van der Waals surface area contributed by atoms with E-state index in [1.165, 1.54) is 0 Å². The van der Waals surface area contributed by atoms with E-state index in [1.54, 1.807) is 7.11 Å². The third-order valence-electron chi connectivity index (χ3n) is 4.18. The zero-order valence-electron chi connectivity index (χ0n) is 14.5. The van der Waals surface area contributed by atoms with Crippen LogP contribution in [0.3, 0.4) is 0 Å². The summed E-state index contributed by atoms with van der Waals surface area (Å²) < 4.78 is 5.18. The van der Waals surface area contributed by atoms with Gasteiger partial charge >= 0.3 is 0 Å². The van der Waals surface area contributed by atoms with Crippen molar-refractivity contribution in [3.05, 3.63) is 54.1 Å². The number of methoxy groups -OCH3 is 1. The molecule has 0 aliphatic carbocycles. The Bertz CT molecular complexity index is 706. The Labute approximate surface area is 154 Å². The van der Waals surface area contributed by atoms with Crippen LogP contribution in [0.1, 0.15) is 17.3 Å². The molecule has 5 nitrogen and oxygen atoms in total. The van der Waals surface area contributed by atoms with E-state index in [0.717, 1.165) is 36.8 Å². The van der Waals surface area contributed by atoms with Gasteiger partial charge in [-0.3, -0.25) is 4.79 Å². The highest BCUT2D eigenvalue weighted by atomic mass is 35.5. The van der Waals surface area contributed by atoms with Gasteiger partial charge in [-0.15, -0.1) is 12.4 Å². The molecule has 1 unspecified atom stereocenters. The molecule has 1 amide bonds. The number of nitrogens with zero attached hydrogens (tertiary/aromatic N) is 1. The Morgan fingerprint density at radius 3 is 2.60 bits per heavy atom. The summed E-state index contributed by atoms with van der Waals surface area (Å²) >= 11 is 0. The molecule has 0 saturated carbocycles. The van der Waals surface area contributed by atoms with Crippen LogP contribution in [0.25, 0.3) is 0 Å². The molecule has 2 aromatic carbocycles. The zero-order valence-corrected chi connectivity index (χ0v) is 15.3. The molecule has 6 heteroatoms. The number of benzene rings is 2. The number of hydrogen-bond acceptors (Lipinski definition) is 4. The maximum Gasteiger partial charge on any atom is 0.256 e. The first kappa shape index (κ1) is 19.1. The quantitative estimate of drug-likeness (QED) is 0.877. The third kappa shape index (κ3) is 4.65. The number of carbonyl (C=O) groups excluding carboxylic acids is 1. The molecule has 0 spiro atoms.